The van der Waals surface area contributed by atoms with Crippen LogP contribution in [-0.2, 0) is 13.0 Å². The minimum absolute atomic E-state index is 0.959. The van der Waals surface area contributed by atoms with Gasteiger partial charge in [0.05, 0.1) is 11.4 Å². The second kappa shape index (κ2) is 4.26. The highest BCUT2D eigenvalue weighted by atomic mass is 15.1. The van der Waals surface area contributed by atoms with Crippen LogP contribution in [0.1, 0.15) is 16.8 Å². The number of hydrogen-bond acceptors (Lipinski definition) is 3. The van der Waals surface area contributed by atoms with Crippen molar-refractivity contribution in [3.8, 4) is 11.3 Å². The van der Waals surface area contributed by atoms with Crippen LogP contribution in [0, 0.1) is 6.92 Å². The second-order valence-electron chi connectivity index (χ2n) is 4.43. The van der Waals surface area contributed by atoms with Gasteiger partial charge in [-0.25, -0.2) is 0 Å². The third-order valence-electron chi connectivity index (χ3n) is 3.21. The Bertz CT molecular complexity index is 532. The highest BCUT2D eigenvalue weighted by Crippen LogP contribution is 2.26. The Morgan fingerprint density at radius 1 is 1.12 bits per heavy atom. The van der Waals surface area contributed by atoms with Crippen LogP contribution in [0.25, 0.3) is 11.3 Å². The largest absolute Gasteiger partial charge is 0.312 e. The summed E-state index contributed by atoms with van der Waals surface area (Å²) in [4.78, 5) is 0. The molecular weight excluding hydrogens is 210 g/mol. The van der Waals surface area contributed by atoms with Crippen molar-refractivity contribution in [1.82, 2.24) is 15.5 Å². The Labute approximate surface area is 101 Å². The van der Waals surface area contributed by atoms with Gasteiger partial charge in [-0.05, 0) is 43.1 Å². The zero-order valence-electron chi connectivity index (χ0n) is 9.90. The van der Waals surface area contributed by atoms with E-state index < -0.39 is 0 Å². The summed E-state index contributed by atoms with van der Waals surface area (Å²) < 4.78 is 0. The monoisotopic (exact) mass is 225 g/mol. The predicted octanol–water partition coefficient (Wildman–Crippen LogP) is 2.10. The zero-order chi connectivity index (χ0) is 11.7. The molecule has 0 unspecified atom stereocenters. The lowest BCUT2D eigenvalue weighted by Gasteiger charge is -2.19. The van der Waals surface area contributed by atoms with Gasteiger partial charge in [0.1, 0.15) is 0 Å². The Hall–Kier alpha value is -1.74. The van der Waals surface area contributed by atoms with Crippen LogP contribution in [0.15, 0.2) is 30.3 Å². The van der Waals surface area contributed by atoms with Gasteiger partial charge in [-0.1, -0.05) is 18.2 Å². The van der Waals surface area contributed by atoms with Crippen molar-refractivity contribution in [2.24, 2.45) is 0 Å². The molecule has 0 saturated heterocycles. The molecule has 0 aliphatic carbocycles. The molecule has 0 atom stereocenters. The predicted molar refractivity (Wildman–Crippen MR) is 67.6 cm³/mol. The van der Waals surface area contributed by atoms with Crippen molar-refractivity contribution < 1.29 is 0 Å². The third-order valence-corrected chi connectivity index (χ3v) is 3.21. The number of aromatic nitrogens is 2. The minimum Gasteiger partial charge on any atom is -0.312 e. The van der Waals surface area contributed by atoms with E-state index in [0.717, 1.165) is 30.9 Å². The molecular formula is C14H15N3. The lowest BCUT2D eigenvalue weighted by molar-refractivity contribution is 0.644. The number of rotatable bonds is 1. The fourth-order valence-corrected chi connectivity index (χ4v) is 2.31. The van der Waals surface area contributed by atoms with Crippen LogP contribution in [0.5, 0.6) is 0 Å². The molecule has 1 aromatic heterocycles. The summed E-state index contributed by atoms with van der Waals surface area (Å²) in [5.41, 5.74) is 5.98. The van der Waals surface area contributed by atoms with Crippen molar-refractivity contribution in [2.75, 3.05) is 6.54 Å². The number of benzene rings is 1. The molecule has 1 N–H and O–H groups in total. The van der Waals surface area contributed by atoms with E-state index in [0.29, 0.717) is 0 Å². The Morgan fingerprint density at radius 3 is 2.88 bits per heavy atom. The fourth-order valence-electron chi connectivity index (χ4n) is 2.31. The van der Waals surface area contributed by atoms with E-state index >= 15 is 0 Å². The Morgan fingerprint density at radius 2 is 2.06 bits per heavy atom. The normalized spacial score (nSPS) is 14.4. The summed E-state index contributed by atoms with van der Waals surface area (Å²) in [5.74, 6) is 0. The average Bonchev–Trinajstić information content (AvgIpc) is 2.39. The topological polar surface area (TPSA) is 37.8 Å². The average molecular weight is 225 g/mol. The van der Waals surface area contributed by atoms with Crippen LogP contribution < -0.4 is 5.32 Å². The van der Waals surface area contributed by atoms with Gasteiger partial charge in [0.25, 0.3) is 0 Å². The van der Waals surface area contributed by atoms with Crippen LogP contribution in [-0.4, -0.2) is 16.7 Å². The van der Waals surface area contributed by atoms with E-state index in [4.69, 9.17) is 0 Å². The number of aryl methyl sites for hydroxylation is 1. The van der Waals surface area contributed by atoms with Gasteiger partial charge in [-0.15, -0.1) is 0 Å². The first kappa shape index (κ1) is 10.4. The molecule has 0 amide bonds. The van der Waals surface area contributed by atoms with Crippen molar-refractivity contribution in [3.05, 3.63) is 47.2 Å². The molecule has 0 radical (unpaired) electrons. The van der Waals surface area contributed by atoms with E-state index in [1.807, 2.05) is 13.0 Å². The van der Waals surface area contributed by atoms with Crippen LogP contribution in [0.3, 0.4) is 0 Å². The molecule has 0 spiro atoms. The molecule has 3 heteroatoms. The molecule has 3 rings (SSSR count). The van der Waals surface area contributed by atoms with E-state index in [1.165, 1.54) is 16.7 Å². The standard InChI is InChI=1S/C14H15N3/c1-10-5-6-14(17-16-10)13-4-2-3-11-9-15-8-7-12(11)13/h2-6,15H,7-9H2,1H3. The van der Waals surface area contributed by atoms with Crippen molar-refractivity contribution in [3.63, 3.8) is 0 Å². The molecule has 17 heavy (non-hydrogen) atoms. The summed E-state index contributed by atoms with van der Waals surface area (Å²) in [7, 11) is 0. The summed E-state index contributed by atoms with van der Waals surface area (Å²) >= 11 is 0. The summed E-state index contributed by atoms with van der Waals surface area (Å²) in [6.45, 7) is 3.97. The number of fused-ring (bicyclic) bond motifs is 1. The zero-order valence-corrected chi connectivity index (χ0v) is 9.90. The SMILES string of the molecule is Cc1ccc(-c2cccc3c2CCNC3)nn1. The third kappa shape index (κ3) is 1.94. The Kier molecular flexibility index (Phi) is 2.61. The molecule has 0 bridgehead atoms. The lowest BCUT2D eigenvalue weighted by Crippen LogP contribution is -2.24. The maximum atomic E-state index is 4.29. The first-order chi connectivity index (χ1) is 8.34. The highest BCUT2D eigenvalue weighted by molar-refractivity contribution is 5.65. The van der Waals surface area contributed by atoms with E-state index in [1.54, 1.807) is 0 Å². The van der Waals surface area contributed by atoms with Crippen LogP contribution >= 0.6 is 0 Å². The number of nitrogens with zero attached hydrogens (tertiary/aromatic N) is 2. The minimum atomic E-state index is 0.959. The number of nitrogens with one attached hydrogen (secondary N) is 1. The fraction of sp³-hybridized carbons (Fsp3) is 0.286. The highest BCUT2D eigenvalue weighted by Gasteiger charge is 2.14. The summed E-state index contributed by atoms with van der Waals surface area (Å²) in [6.07, 6.45) is 1.07. The first-order valence-electron chi connectivity index (χ1n) is 5.97. The van der Waals surface area contributed by atoms with E-state index in [-0.39, 0.29) is 0 Å². The van der Waals surface area contributed by atoms with Crippen LogP contribution in [0.4, 0.5) is 0 Å². The van der Waals surface area contributed by atoms with Gasteiger partial charge < -0.3 is 5.32 Å². The van der Waals surface area contributed by atoms with Crippen molar-refractivity contribution >= 4 is 0 Å². The molecule has 2 aromatic rings. The van der Waals surface area contributed by atoms with Crippen LogP contribution in [0.2, 0.25) is 0 Å². The van der Waals surface area contributed by atoms with Gasteiger partial charge >= 0.3 is 0 Å². The summed E-state index contributed by atoms with van der Waals surface area (Å²) in [5, 5.41) is 11.8. The smallest absolute Gasteiger partial charge is 0.0932 e. The first-order valence-corrected chi connectivity index (χ1v) is 5.97. The van der Waals surface area contributed by atoms with E-state index in [2.05, 4.69) is 39.8 Å². The lowest BCUT2D eigenvalue weighted by atomic mass is 9.94. The van der Waals surface area contributed by atoms with Gasteiger partial charge in [0.2, 0.25) is 0 Å². The molecule has 3 nitrogen and oxygen atoms in total. The molecule has 1 aliphatic heterocycles. The van der Waals surface area contributed by atoms with E-state index in [9.17, 15) is 0 Å². The summed E-state index contributed by atoms with van der Waals surface area (Å²) in [6, 6.07) is 10.5. The molecule has 0 saturated carbocycles. The maximum absolute atomic E-state index is 4.29. The molecule has 2 heterocycles. The maximum Gasteiger partial charge on any atom is 0.0932 e. The number of hydrogen-bond donors (Lipinski definition) is 1. The van der Waals surface area contributed by atoms with Gasteiger partial charge in [0.15, 0.2) is 0 Å². The van der Waals surface area contributed by atoms with Gasteiger partial charge in [-0.2, -0.15) is 10.2 Å². The molecule has 86 valence electrons. The van der Waals surface area contributed by atoms with Gasteiger partial charge in [-0.3, -0.25) is 0 Å². The molecule has 1 aromatic carbocycles. The van der Waals surface area contributed by atoms with Crippen molar-refractivity contribution in [2.45, 2.75) is 19.9 Å². The molecule has 0 fully saturated rings. The Balaban J connectivity index is 2.11. The van der Waals surface area contributed by atoms with Crippen molar-refractivity contribution in [1.29, 1.82) is 0 Å². The molecule has 1 aliphatic rings. The van der Waals surface area contributed by atoms with Gasteiger partial charge in [0, 0.05) is 12.1 Å². The second-order valence-corrected chi connectivity index (χ2v) is 4.43. The quantitative estimate of drug-likeness (QED) is 0.807.